The van der Waals surface area contributed by atoms with Crippen LogP contribution in [0.5, 0.6) is 0 Å². The Morgan fingerprint density at radius 2 is 1.95 bits per heavy atom. The highest BCUT2D eigenvalue weighted by Crippen LogP contribution is 2.63. The van der Waals surface area contributed by atoms with E-state index in [1.807, 2.05) is 12.3 Å². The Morgan fingerprint density at radius 3 is 2.52 bits per heavy atom. The lowest BCUT2D eigenvalue weighted by molar-refractivity contribution is -0.0784. The maximum atomic E-state index is 4.51. The van der Waals surface area contributed by atoms with Crippen molar-refractivity contribution in [2.75, 3.05) is 11.9 Å². The Bertz CT molecular complexity index is 495. The van der Waals surface area contributed by atoms with Gasteiger partial charge in [0.1, 0.15) is 0 Å². The fourth-order valence-corrected chi connectivity index (χ4v) is 5.91. The van der Waals surface area contributed by atoms with Gasteiger partial charge in [-0.05, 0) is 68.6 Å². The van der Waals surface area contributed by atoms with Crippen LogP contribution >= 0.6 is 0 Å². The van der Waals surface area contributed by atoms with Crippen LogP contribution in [-0.4, -0.2) is 16.1 Å². The molecule has 1 aromatic heterocycles. The fourth-order valence-electron chi connectivity index (χ4n) is 5.91. The molecule has 0 aromatic carbocycles. The Labute approximate surface area is 127 Å². The first-order valence-electron chi connectivity index (χ1n) is 8.58. The monoisotopic (exact) mass is 285 g/mol. The van der Waals surface area contributed by atoms with Crippen LogP contribution in [0.3, 0.4) is 0 Å². The number of aromatic nitrogens is 2. The molecule has 21 heavy (non-hydrogen) atoms. The zero-order chi connectivity index (χ0) is 14.4. The van der Waals surface area contributed by atoms with Crippen molar-refractivity contribution in [2.45, 2.75) is 51.5 Å². The lowest BCUT2D eigenvalue weighted by Crippen LogP contribution is -2.49. The van der Waals surface area contributed by atoms with Crippen molar-refractivity contribution < 1.29 is 0 Å². The minimum atomic E-state index is 0.528. The predicted octanol–water partition coefficient (Wildman–Crippen LogP) is 4.26. The van der Waals surface area contributed by atoms with E-state index in [2.05, 4.69) is 34.6 Å². The second-order valence-corrected chi connectivity index (χ2v) is 7.78. The Balaban J connectivity index is 1.61. The molecule has 114 valence electrons. The number of rotatable bonds is 5. The first-order chi connectivity index (χ1) is 10.2. The van der Waals surface area contributed by atoms with Gasteiger partial charge in [-0.2, -0.15) is 0 Å². The average Bonchev–Trinajstić information content (AvgIpc) is 2.91. The summed E-state index contributed by atoms with van der Waals surface area (Å²) in [6.07, 6.45) is 14.9. The Hall–Kier alpha value is -1.25. The van der Waals surface area contributed by atoms with E-state index in [1.54, 1.807) is 0 Å². The van der Waals surface area contributed by atoms with E-state index in [0.29, 0.717) is 11.5 Å². The summed E-state index contributed by atoms with van der Waals surface area (Å²) in [6.45, 7) is 7.00. The minimum absolute atomic E-state index is 0.528. The molecule has 0 radical (unpaired) electrons. The largest absolute Gasteiger partial charge is 0.352 e. The molecule has 3 nitrogen and oxygen atoms in total. The lowest BCUT2D eigenvalue weighted by atomic mass is 9.48. The highest BCUT2D eigenvalue weighted by atomic mass is 15.2. The zero-order valence-electron chi connectivity index (χ0n) is 13.1. The molecule has 1 N–H and O–H groups in total. The van der Waals surface area contributed by atoms with Gasteiger partial charge < -0.3 is 9.88 Å². The summed E-state index contributed by atoms with van der Waals surface area (Å²) in [7, 11) is 0. The van der Waals surface area contributed by atoms with Gasteiger partial charge >= 0.3 is 0 Å². The van der Waals surface area contributed by atoms with E-state index in [-0.39, 0.29) is 0 Å². The topological polar surface area (TPSA) is 29.9 Å². The summed E-state index contributed by atoms with van der Waals surface area (Å²) in [6, 6.07) is 0.556. The van der Waals surface area contributed by atoms with E-state index in [9.17, 15) is 0 Å². The first-order valence-corrected chi connectivity index (χ1v) is 8.58. The van der Waals surface area contributed by atoms with Crippen molar-refractivity contribution in [1.29, 1.82) is 0 Å². The minimum Gasteiger partial charge on any atom is -0.352 e. The second-order valence-electron chi connectivity index (χ2n) is 7.78. The van der Waals surface area contributed by atoms with Crippen LogP contribution in [0.2, 0.25) is 0 Å². The SMILES string of the molecule is C=CCNc1nccn1C(C)C12CC3CC(CC(C3)C1)C2. The normalized spacial score (nSPS) is 38.4. The molecular formula is C18H27N3. The van der Waals surface area contributed by atoms with Crippen molar-refractivity contribution in [3.8, 4) is 0 Å². The fraction of sp³-hybridized carbons (Fsp3) is 0.722. The molecule has 1 heterocycles. The van der Waals surface area contributed by atoms with Crippen LogP contribution in [0.25, 0.3) is 0 Å². The third-order valence-corrected chi connectivity index (χ3v) is 6.46. The smallest absolute Gasteiger partial charge is 0.203 e. The summed E-state index contributed by atoms with van der Waals surface area (Å²) in [5.41, 5.74) is 0.528. The molecule has 1 unspecified atom stereocenters. The van der Waals surface area contributed by atoms with Crippen LogP contribution in [0.15, 0.2) is 25.0 Å². The third kappa shape index (κ3) is 2.13. The van der Waals surface area contributed by atoms with Crippen molar-refractivity contribution >= 4 is 5.95 Å². The van der Waals surface area contributed by atoms with Crippen molar-refractivity contribution in [1.82, 2.24) is 9.55 Å². The number of nitrogens with one attached hydrogen (secondary N) is 1. The highest BCUT2D eigenvalue weighted by molar-refractivity contribution is 5.28. The van der Waals surface area contributed by atoms with Gasteiger partial charge in [0.05, 0.1) is 0 Å². The number of nitrogens with zero attached hydrogens (tertiary/aromatic N) is 2. The van der Waals surface area contributed by atoms with Crippen LogP contribution in [0.1, 0.15) is 51.5 Å². The Morgan fingerprint density at radius 1 is 1.33 bits per heavy atom. The van der Waals surface area contributed by atoms with Crippen molar-refractivity contribution in [2.24, 2.45) is 23.2 Å². The predicted molar refractivity (Wildman–Crippen MR) is 86.2 cm³/mol. The van der Waals surface area contributed by atoms with Crippen molar-refractivity contribution in [3.05, 3.63) is 25.0 Å². The number of hydrogen-bond donors (Lipinski definition) is 1. The summed E-state index contributed by atoms with van der Waals surface area (Å²) < 4.78 is 2.39. The van der Waals surface area contributed by atoms with Crippen LogP contribution in [0.4, 0.5) is 5.95 Å². The van der Waals surface area contributed by atoms with Gasteiger partial charge in [0.25, 0.3) is 0 Å². The molecule has 4 saturated carbocycles. The maximum absolute atomic E-state index is 4.51. The number of imidazole rings is 1. The average molecular weight is 285 g/mol. The van der Waals surface area contributed by atoms with E-state index in [4.69, 9.17) is 0 Å². The van der Waals surface area contributed by atoms with Crippen LogP contribution < -0.4 is 5.32 Å². The van der Waals surface area contributed by atoms with Gasteiger partial charge in [-0.1, -0.05) is 6.08 Å². The molecule has 0 amide bonds. The Kier molecular flexibility index (Phi) is 3.13. The quantitative estimate of drug-likeness (QED) is 0.819. The first kappa shape index (κ1) is 13.4. The highest BCUT2D eigenvalue weighted by Gasteiger charge is 2.53. The van der Waals surface area contributed by atoms with Gasteiger partial charge in [0.15, 0.2) is 0 Å². The van der Waals surface area contributed by atoms with Crippen LogP contribution in [0, 0.1) is 23.2 Å². The van der Waals surface area contributed by atoms with E-state index in [1.165, 1.54) is 38.5 Å². The third-order valence-electron chi connectivity index (χ3n) is 6.46. The van der Waals surface area contributed by atoms with E-state index in [0.717, 1.165) is 30.2 Å². The molecular weight excluding hydrogens is 258 g/mol. The van der Waals surface area contributed by atoms with Gasteiger partial charge in [0.2, 0.25) is 5.95 Å². The molecule has 3 heteroatoms. The number of anilines is 1. The maximum Gasteiger partial charge on any atom is 0.203 e. The molecule has 1 aromatic rings. The van der Waals surface area contributed by atoms with Gasteiger partial charge in [0, 0.05) is 25.0 Å². The van der Waals surface area contributed by atoms with E-state index >= 15 is 0 Å². The van der Waals surface area contributed by atoms with Crippen LogP contribution in [-0.2, 0) is 0 Å². The van der Waals surface area contributed by atoms with Crippen molar-refractivity contribution in [3.63, 3.8) is 0 Å². The van der Waals surface area contributed by atoms with E-state index < -0.39 is 0 Å². The molecule has 4 aliphatic rings. The zero-order valence-corrected chi connectivity index (χ0v) is 13.1. The molecule has 1 atom stereocenters. The molecule has 5 rings (SSSR count). The molecule has 0 aliphatic heterocycles. The van der Waals surface area contributed by atoms with Gasteiger partial charge in [-0.15, -0.1) is 6.58 Å². The summed E-state index contributed by atoms with van der Waals surface area (Å²) in [5, 5.41) is 3.39. The molecule has 0 spiro atoms. The second kappa shape index (κ2) is 4.89. The standard InChI is InChI=1S/C18H27N3/c1-3-4-19-17-20-5-6-21(17)13(2)18-10-14-7-15(11-18)9-16(8-14)12-18/h3,5-6,13-16H,1,4,7-12H2,2H3,(H,19,20). The molecule has 0 saturated heterocycles. The lowest BCUT2D eigenvalue weighted by Gasteiger charge is -2.59. The molecule has 4 bridgehead atoms. The van der Waals surface area contributed by atoms with Gasteiger partial charge in [-0.3, -0.25) is 0 Å². The summed E-state index contributed by atoms with van der Waals surface area (Å²) in [4.78, 5) is 4.51. The molecule has 4 aliphatic carbocycles. The summed E-state index contributed by atoms with van der Waals surface area (Å²) >= 11 is 0. The number of hydrogen-bond acceptors (Lipinski definition) is 2. The summed E-state index contributed by atoms with van der Waals surface area (Å²) in [5.74, 6) is 4.03. The molecule has 4 fully saturated rings. The van der Waals surface area contributed by atoms with Gasteiger partial charge in [-0.25, -0.2) is 4.98 Å².